The molecule has 1 aromatic carbocycles. The summed E-state index contributed by atoms with van der Waals surface area (Å²) in [6.07, 6.45) is 6.46. The Morgan fingerprint density at radius 1 is 1.36 bits per heavy atom. The van der Waals surface area contributed by atoms with Crippen LogP contribution in [-0.2, 0) is 10.2 Å². The fourth-order valence-electron chi connectivity index (χ4n) is 3.94. The van der Waals surface area contributed by atoms with Crippen molar-refractivity contribution in [3.8, 4) is 11.4 Å². The van der Waals surface area contributed by atoms with Gasteiger partial charge in [-0.15, -0.1) is 16.4 Å². The first-order valence-electron chi connectivity index (χ1n) is 10.6. The number of fused-ring (bicyclic) bond motifs is 1. The molecule has 33 heavy (non-hydrogen) atoms. The minimum absolute atomic E-state index is 0.0309. The molecule has 0 amide bonds. The van der Waals surface area contributed by atoms with Gasteiger partial charge in [-0.2, -0.15) is 0 Å². The molecule has 0 bridgehead atoms. The number of thiazole rings is 1. The van der Waals surface area contributed by atoms with Crippen molar-refractivity contribution in [1.82, 2.24) is 24.4 Å². The van der Waals surface area contributed by atoms with Crippen LogP contribution < -0.4 is 4.74 Å². The van der Waals surface area contributed by atoms with E-state index in [4.69, 9.17) is 21.1 Å². The van der Waals surface area contributed by atoms with Crippen molar-refractivity contribution < 1.29 is 19.0 Å². The molecule has 6 rings (SSSR count). The van der Waals surface area contributed by atoms with Crippen molar-refractivity contribution in [1.29, 1.82) is 0 Å². The lowest BCUT2D eigenvalue weighted by molar-refractivity contribution is -0.146. The summed E-state index contributed by atoms with van der Waals surface area (Å²) in [7, 11) is 0. The third kappa shape index (κ3) is 3.61. The van der Waals surface area contributed by atoms with Crippen LogP contribution in [0.15, 0.2) is 36.9 Å². The first kappa shape index (κ1) is 21.0. The van der Waals surface area contributed by atoms with E-state index < -0.39 is 11.8 Å². The van der Waals surface area contributed by atoms with E-state index in [-0.39, 0.29) is 25.2 Å². The Morgan fingerprint density at radius 2 is 2.18 bits per heavy atom. The van der Waals surface area contributed by atoms with Crippen molar-refractivity contribution >= 4 is 27.8 Å². The third-order valence-corrected chi connectivity index (χ3v) is 8.00. The standard InChI is InChI=1S/C22H21ClFN5O3S/c1-21(4-5-21)20-18(28-12-25-7-17(28)33-20)19(30)15-8-29(27-26-15)13-2-3-16(14(23)6-13)32-11-22(24)9-31-10-22/h2-3,6-8,12,19,30H,4-5,9-11H2,1H3. The van der Waals surface area contributed by atoms with Gasteiger partial charge in [0.25, 0.3) is 0 Å². The molecule has 2 aliphatic rings. The Kier molecular flexibility index (Phi) is 4.77. The first-order valence-corrected chi connectivity index (χ1v) is 11.8. The van der Waals surface area contributed by atoms with E-state index >= 15 is 0 Å². The Balaban J connectivity index is 1.26. The lowest BCUT2D eigenvalue weighted by Crippen LogP contribution is -2.50. The highest BCUT2D eigenvalue weighted by Gasteiger charge is 2.44. The van der Waals surface area contributed by atoms with E-state index in [2.05, 4.69) is 22.2 Å². The highest BCUT2D eigenvalue weighted by molar-refractivity contribution is 7.17. The van der Waals surface area contributed by atoms with Gasteiger partial charge in [-0.05, 0) is 31.0 Å². The van der Waals surface area contributed by atoms with Crippen LogP contribution in [0.3, 0.4) is 0 Å². The summed E-state index contributed by atoms with van der Waals surface area (Å²) in [5.41, 5.74) is 0.490. The summed E-state index contributed by atoms with van der Waals surface area (Å²) in [5, 5.41) is 20.0. The molecule has 1 saturated heterocycles. The maximum absolute atomic E-state index is 14.1. The van der Waals surface area contributed by atoms with Crippen LogP contribution in [0.25, 0.3) is 10.5 Å². The zero-order valence-corrected chi connectivity index (χ0v) is 19.3. The summed E-state index contributed by atoms with van der Waals surface area (Å²) in [6, 6.07) is 5.08. The van der Waals surface area contributed by atoms with Crippen molar-refractivity contribution in [3.63, 3.8) is 0 Å². The van der Waals surface area contributed by atoms with E-state index in [0.29, 0.717) is 22.2 Å². The lowest BCUT2D eigenvalue weighted by atomic mass is 10.0. The van der Waals surface area contributed by atoms with Gasteiger partial charge in [0.05, 0.1) is 42.0 Å². The largest absolute Gasteiger partial charge is 0.488 e. The Labute approximate surface area is 197 Å². The summed E-state index contributed by atoms with van der Waals surface area (Å²) < 4.78 is 28.0. The van der Waals surface area contributed by atoms with E-state index in [1.54, 1.807) is 52.9 Å². The van der Waals surface area contributed by atoms with Crippen LogP contribution in [0.1, 0.15) is 42.1 Å². The number of aliphatic hydroxyl groups is 1. The van der Waals surface area contributed by atoms with E-state index in [0.717, 1.165) is 28.2 Å². The summed E-state index contributed by atoms with van der Waals surface area (Å²) in [4.78, 5) is 6.37. The second-order valence-electron chi connectivity index (χ2n) is 9.02. The van der Waals surface area contributed by atoms with E-state index in [1.165, 1.54) is 0 Å². The zero-order valence-electron chi connectivity index (χ0n) is 17.7. The van der Waals surface area contributed by atoms with Gasteiger partial charge in [0.2, 0.25) is 0 Å². The van der Waals surface area contributed by atoms with Crippen LogP contribution in [-0.4, -0.2) is 55.0 Å². The molecule has 4 heterocycles. The van der Waals surface area contributed by atoms with Crippen molar-refractivity contribution in [2.45, 2.75) is 37.0 Å². The smallest absolute Gasteiger partial charge is 0.190 e. The molecule has 11 heteroatoms. The van der Waals surface area contributed by atoms with Gasteiger partial charge in [0.15, 0.2) is 5.67 Å². The molecular weight excluding hydrogens is 469 g/mol. The van der Waals surface area contributed by atoms with Gasteiger partial charge in [-0.1, -0.05) is 23.7 Å². The van der Waals surface area contributed by atoms with E-state index in [1.807, 2.05) is 4.40 Å². The highest BCUT2D eigenvalue weighted by Crippen LogP contribution is 2.53. The molecule has 1 unspecified atom stereocenters. The van der Waals surface area contributed by atoms with Crippen LogP contribution >= 0.6 is 22.9 Å². The second kappa shape index (κ2) is 7.49. The predicted octanol–water partition coefficient (Wildman–Crippen LogP) is 3.88. The van der Waals surface area contributed by atoms with Crippen molar-refractivity contribution in [3.05, 3.63) is 58.2 Å². The van der Waals surface area contributed by atoms with Gasteiger partial charge < -0.3 is 14.6 Å². The summed E-state index contributed by atoms with van der Waals surface area (Å²) in [5.74, 6) is 0.382. The average Bonchev–Trinajstić information content (AvgIpc) is 3.18. The Hall–Kier alpha value is -2.53. The lowest BCUT2D eigenvalue weighted by Gasteiger charge is -2.33. The number of rotatable bonds is 7. The zero-order chi connectivity index (χ0) is 22.8. The number of benzene rings is 1. The molecule has 1 N–H and O–H groups in total. The number of imidazole rings is 1. The molecule has 1 atom stereocenters. The topological polar surface area (TPSA) is 86.7 Å². The van der Waals surface area contributed by atoms with Gasteiger partial charge >= 0.3 is 0 Å². The molecule has 2 fully saturated rings. The molecule has 0 radical (unpaired) electrons. The fourth-order valence-corrected chi connectivity index (χ4v) is 5.50. The number of aromatic nitrogens is 5. The van der Waals surface area contributed by atoms with Crippen LogP contribution in [0, 0.1) is 0 Å². The molecule has 8 nitrogen and oxygen atoms in total. The SMILES string of the molecule is CC1(c2sc3cncn3c2C(O)c2cn(-c3ccc(OCC4(F)COC4)c(Cl)c3)nn2)CC1. The fraction of sp³-hybridized carbons (Fsp3) is 0.409. The van der Waals surface area contributed by atoms with Gasteiger partial charge in [-0.25, -0.2) is 14.1 Å². The molecule has 1 aliphatic heterocycles. The van der Waals surface area contributed by atoms with Crippen LogP contribution in [0.2, 0.25) is 5.02 Å². The number of hydrogen-bond acceptors (Lipinski definition) is 7. The second-order valence-corrected chi connectivity index (χ2v) is 10.5. The first-order chi connectivity index (χ1) is 15.9. The molecule has 1 aliphatic carbocycles. The quantitative estimate of drug-likeness (QED) is 0.424. The predicted molar refractivity (Wildman–Crippen MR) is 120 cm³/mol. The molecule has 3 aromatic heterocycles. The molecule has 1 saturated carbocycles. The Morgan fingerprint density at radius 3 is 2.88 bits per heavy atom. The normalized spacial score (nSPS) is 19.4. The van der Waals surface area contributed by atoms with Crippen LogP contribution in [0.5, 0.6) is 5.75 Å². The number of nitrogens with zero attached hydrogens (tertiary/aromatic N) is 5. The molecular formula is C22H21ClFN5O3S. The van der Waals surface area contributed by atoms with Crippen molar-refractivity contribution in [2.75, 3.05) is 19.8 Å². The number of halogens is 2. The third-order valence-electron chi connectivity index (χ3n) is 6.29. The maximum Gasteiger partial charge on any atom is 0.190 e. The maximum atomic E-state index is 14.1. The summed E-state index contributed by atoms with van der Waals surface area (Å²) >= 11 is 8.01. The highest BCUT2D eigenvalue weighted by atomic mass is 35.5. The van der Waals surface area contributed by atoms with Crippen LogP contribution in [0.4, 0.5) is 4.39 Å². The number of aliphatic hydroxyl groups excluding tert-OH is 1. The minimum atomic E-state index is -1.46. The summed E-state index contributed by atoms with van der Waals surface area (Å²) in [6.45, 7) is 2.16. The van der Waals surface area contributed by atoms with Crippen molar-refractivity contribution in [2.24, 2.45) is 0 Å². The molecule has 4 aromatic rings. The van der Waals surface area contributed by atoms with Gasteiger partial charge in [-0.3, -0.25) is 4.40 Å². The Bertz CT molecular complexity index is 1340. The van der Waals surface area contributed by atoms with Gasteiger partial charge in [0.1, 0.15) is 35.3 Å². The number of alkyl halides is 1. The average molecular weight is 490 g/mol. The molecule has 0 spiro atoms. The minimum Gasteiger partial charge on any atom is -0.488 e. The number of ether oxygens (including phenoxy) is 2. The monoisotopic (exact) mass is 489 g/mol. The number of hydrogen-bond donors (Lipinski definition) is 1. The van der Waals surface area contributed by atoms with E-state index in [9.17, 15) is 9.50 Å². The van der Waals surface area contributed by atoms with Gasteiger partial charge in [0, 0.05) is 10.3 Å². The molecule has 172 valence electrons.